The fourth-order valence-electron chi connectivity index (χ4n) is 0.330. The summed E-state index contributed by atoms with van der Waals surface area (Å²) in [6, 6.07) is 0. The van der Waals surface area contributed by atoms with E-state index in [0.29, 0.717) is 5.71 Å². The Labute approximate surface area is 67.9 Å². The van der Waals surface area contributed by atoms with Crippen LogP contribution in [-0.4, -0.2) is 17.0 Å². The van der Waals surface area contributed by atoms with Crippen molar-refractivity contribution < 1.29 is 4.79 Å². The Morgan fingerprint density at radius 3 is 2.00 bits per heavy atom. The zero-order valence-electron chi connectivity index (χ0n) is 7.86. The van der Waals surface area contributed by atoms with Crippen LogP contribution in [0.3, 0.4) is 0 Å². The predicted molar refractivity (Wildman–Crippen MR) is 46.7 cm³/mol. The highest BCUT2D eigenvalue weighted by atomic mass is 16.1. The molecule has 0 rings (SSSR count). The molecule has 0 aliphatic heterocycles. The quantitative estimate of drug-likeness (QED) is 0.484. The third-order valence-electron chi connectivity index (χ3n) is 1.07. The van der Waals surface area contributed by atoms with Crippen LogP contribution >= 0.6 is 0 Å². The van der Waals surface area contributed by atoms with E-state index in [0.717, 1.165) is 0 Å². The molecule has 11 heavy (non-hydrogen) atoms. The van der Waals surface area contributed by atoms with Crippen molar-refractivity contribution in [1.82, 2.24) is 5.43 Å². The number of hydrogen-bond acceptors (Lipinski definition) is 3. The molecule has 0 aliphatic carbocycles. The Bertz CT molecular complexity index is 177. The number of hydrazone groups is 1. The Kier molecular flexibility index (Phi) is 3.23. The SMILES string of the molecule is CC(=O)/C(C)=N\NC(C)(C)C. The molecule has 0 amide bonds. The highest BCUT2D eigenvalue weighted by molar-refractivity contribution is 6.37. The average Bonchev–Trinajstić information content (AvgIpc) is 1.80. The fraction of sp³-hybridized carbons (Fsp3) is 0.750. The van der Waals surface area contributed by atoms with Gasteiger partial charge in [0.2, 0.25) is 0 Å². The molecule has 0 aliphatic rings. The highest BCUT2D eigenvalue weighted by Crippen LogP contribution is 1.97. The Morgan fingerprint density at radius 2 is 1.73 bits per heavy atom. The van der Waals surface area contributed by atoms with Crippen molar-refractivity contribution >= 4 is 11.5 Å². The summed E-state index contributed by atoms with van der Waals surface area (Å²) >= 11 is 0. The number of hydrogen-bond donors (Lipinski definition) is 1. The van der Waals surface area contributed by atoms with Crippen LogP contribution in [0.15, 0.2) is 5.10 Å². The first-order chi connectivity index (χ1) is 4.83. The minimum absolute atomic E-state index is 0.00162. The second-order valence-electron chi connectivity index (χ2n) is 3.62. The maximum atomic E-state index is 10.7. The van der Waals surface area contributed by atoms with Gasteiger partial charge in [-0.15, -0.1) is 0 Å². The molecule has 0 unspecified atom stereocenters. The van der Waals surface area contributed by atoms with Crippen molar-refractivity contribution in [3.8, 4) is 0 Å². The van der Waals surface area contributed by atoms with Crippen molar-refractivity contribution in [2.24, 2.45) is 5.10 Å². The van der Waals surface area contributed by atoms with E-state index in [-0.39, 0.29) is 11.3 Å². The summed E-state index contributed by atoms with van der Waals surface area (Å²) < 4.78 is 0. The van der Waals surface area contributed by atoms with Crippen molar-refractivity contribution in [3.63, 3.8) is 0 Å². The molecular weight excluding hydrogens is 140 g/mol. The minimum Gasteiger partial charge on any atom is -0.304 e. The van der Waals surface area contributed by atoms with E-state index in [4.69, 9.17) is 0 Å². The Hall–Kier alpha value is -0.860. The number of rotatable bonds is 2. The van der Waals surface area contributed by atoms with Gasteiger partial charge in [-0.2, -0.15) is 5.10 Å². The Morgan fingerprint density at radius 1 is 1.27 bits per heavy atom. The third-order valence-corrected chi connectivity index (χ3v) is 1.07. The molecule has 3 heteroatoms. The standard InChI is InChI=1S/C8H16N2O/c1-6(7(2)11)9-10-8(3,4)5/h10H,1-5H3/b9-6-. The van der Waals surface area contributed by atoms with Gasteiger partial charge in [-0.05, 0) is 27.7 Å². The normalized spacial score (nSPS) is 13.0. The molecule has 0 saturated carbocycles. The maximum Gasteiger partial charge on any atom is 0.175 e. The van der Waals surface area contributed by atoms with Gasteiger partial charge in [0.15, 0.2) is 5.78 Å². The van der Waals surface area contributed by atoms with E-state index < -0.39 is 0 Å². The van der Waals surface area contributed by atoms with Crippen LogP contribution in [0, 0.1) is 0 Å². The second kappa shape index (κ2) is 3.51. The fourth-order valence-corrected chi connectivity index (χ4v) is 0.330. The largest absolute Gasteiger partial charge is 0.304 e. The third kappa shape index (κ3) is 5.58. The predicted octanol–water partition coefficient (Wildman–Crippen LogP) is 1.34. The zero-order chi connectivity index (χ0) is 9.07. The summed E-state index contributed by atoms with van der Waals surface area (Å²) in [6.45, 7) is 9.17. The molecule has 0 fully saturated rings. The molecule has 64 valence electrons. The van der Waals surface area contributed by atoms with Crippen LogP contribution < -0.4 is 5.43 Å². The van der Waals surface area contributed by atoms with Crippen LogP contribution in [0.4, 0.5) is 0 Å². The summed E-state index contributed by atoms with van der Waals surface area (Å²) in [5.74, 6) is 0.00162. The number of Topliss-reactive ketones (excluding diaryl/α,β-unsaturated/α-hetero) is 1. The topological polar surface area (TPSA) is 41.5 Å². The number of ketones is 1. The summed E-state index contributed by atoms with van der Waals surface area (Å²) in [4.78, 5) is 10.7. The lowest BCUT2D eigenvalue weighted by atomic mass is 10.1. The monoisotopic (exact) mass is 156 g/mol. The molecule has 0 saturated heterocycles. The van der Waals surface area contributed by atoms with E-state index in [1.807, 2.05) is 20.8 Å². The molecular formula is C8H16N2O. The molecule has 0 aromatic heterocycles. The summed E-state index contributed by atoms with van der Waals surface area (Å²) in [7, 11) is 0. The summed E-state index contributed by atoms with van der Waals surface area (Å²) in [6.07, 6.45) is 0. The average molecular weight is 156 g/mol. The first kappa shape index (κ1) is 10.1. The first-order valence-electron chi connectivity index (χ1n) is 3.65. The van der Waals surface area contributed by atoms with E-state index in [9.17, 15) is 4.79 Å². The van der Waals surface area contributed by atoms with Gasteiger partial charge < -0.3 is 5.43 Å². The molecule has 0 bridgehead atoms. The van der Waals surface area contributed by atoms with E-state index >= 15 is 0 Å². The Balaban J connectivity index is 4.04. The van der Waals surface area contributed by atoms with Gasteiger partial charge in [-0.1, -0.05) is 0 Å². The molecule has 0 spiro atoms. The molecule has 1 N–H and O–H groups in total. The molecule has 0 radical (unpaired) electrons. The second-order valence-corrected chi connectivity index (χ2v) is 3.62. The van der Waals surface area contributed by atoms with Gasteiger partial charge in [0.05, 0.1) is 5.71 Å². The van der Waals surface area contributed by atoms with Crippen molar-refractivity contribution in [2.45, 2.75) is 40.2 Å². The lowest BCUT2D eigenvalue weighted by Gasteiger charge is -2.17. The van der Waals surface area contributed by atoms with Crippen molar-refractivity contribution in [3.05, 3.63) is 0 Å². The number of nitrogens with zero attached hydrogens (tertiary/aromatic N) is 1. The number of carbonyl (C=O) groups excluding carboxylic acids is 1. The minimum atomic E-state index is -0.0727. The van der Waals surface area contributed by atoms with Gasteiger partial charge >= 0.3 is 0 Å². The molecule has 0 heterocycles. The van der Waals surface area contributed by atoms with Crippen LogP contribution in [0.25, 0.3) is 0 Å². The first-order valence-corrected chi connectivity index (χ1v) is 3.65. The molecule has 0 aromatic carbocycles. The maximum absolute atomic E-state index is 10.7. The molecule has 3 nitrogen and oxygen atoms in total. The summed E-state index contributed by atoms with van der Waals surface area (Å²) in [5, 5.41) is 3.91. The van der Waals surface area contributed by atoms with Gasteiger partial charge in [-0.25, -0.2) is 0 Å². The number of carbonyl (C=O) groups is 1. The van der Waals surface area contributed by atoms with E-state index in [1.165, 1.54) is 6.92 Å². The van der Waals surface area contributed by atoms with Crippen molar-refractivity contribution in [2.75, 3.05) is 0 Å². The lowest BCUT2D eigenvalue weighted by Crippen LogP contribution is -2.32. The summed E-state index contributed by atoms with van der Waals surface area (Å²) in [5.41, 5.74) is 3.31. The van der Waals surface area contributed by atoms with Crippen LogP contribution in [0.1, 0.15) is 34.6 Å². The highest BCUT2D eigenvalue weighted by Gasteiger charge is 2.07. The van der Waals surface area contributed by atoms with Gasteiger partial charge in [-0.3, -0.25) is 4.79 Å². The lowest BCUT2D eigenvalue weighted by molar-refractivity contribution is -0.111. The van der Waals surface area contributed by atoms with Crippen molar-refractivity contribution in [1.29, 1.82) is 0 Å². The van der Waals surface area contributed by atoms with Gasteiger partial charge in [0.25, 0.3) is 0 Å². The number of nitrogens with one attached hydrogen (secondary N) is 1. The molecule has 0 atom stereocenters. The van der Waals surface area contributed by atoms with Gasteiger partial charge in [0, 0.05) is 12.5 Å². The smallest absolute Gasteiger partial charge is 0.175 e. The van der Waals surface area contributed by atoms with Crippen LogP contribution in [0.2, 0.25) is 0 Å². The van der Waals surface area contributed by atoms with Gasteiger partial charge in [0.1, 0.15) is 0 Å². The van der Waals surface area contributed by atoms with E-state index in [2.05, 4.69) is 10.5 Å². The van der Waals surface area contributed by atoms with Crippen LogP contribution in [0.5, 0.6) is 0 Å². The molecule has 0 aromatic rings. The van der Waals surface area contributed by atoms with Crippen LogP contribution in [-0.2, 0) is 4.79 Å². The van der Waals surface area contributed by atoms with E-state index in [1.54, 1.807) is 6.92 Å². The zero-order valence-corrected chi connectivity index (χ0v) is 7.86.